The van der Waals surface area contributed by atoms with Crippen LogP contribution in [-0.2, 0) is 17.3 Å². The number of ketones is 1. The number of carbonyl (C=O) groups excluding carboxylic acids is 1. The zero-order chi connectivity index (χ0) is 24.5. The van der Waals surface area contributed by atoms with E-state index in [4.69, 9.17) is 0 Å². The summed E-state index contributed by atoms with van der Waals surface area (Å²) in [6, 6.07) is 7.40. The van der Waals surface area contributed by atoms with Gasteiger partial charge in [-0.25, -0.2) is 0 Å². The highest BCUT2D eigenvalue weighted by Gasteiger charge is 2.57. The summed E-state index contributed by atoms with van der Waals surface area (Å²) >= 11 is 0. The number of fused-ring (bicyclic) bond motifs is 1. The average Bonchev–Trinajstić information content (AvgIpc) is 3.37. The normalized spacial score (nSPS) is 26.0. The second-order valence-electron chi connectivity index (χ2n) is 10.1. The van der Waals surface area contributed by atoms with Crippen LogP contribution >= 0.6 is 0 Å². The van der Waals surface area contributed by atoms with Gasteiger partial charge in [0.1, 0.15) is 0 Å². The molecule has 2 aliphatic heterocycles. The zero-order valence-electron chi connectivity index (χ0n) is 19.5. The minimum atomic E-state index is -4.69. The summed E-state index contributed by atoms with van der Waals surface area (Å²) in [5, 5.41) is 14.9. The third kappa shape index (κ3) is 3.32. The van der Waals surface area contributed by atoms with Gasteiger partial charge in [-0.1, -0.05) is 39.0 Å². The highest BCUT2D eigenvalue weighted by atomic mass is 19.4. The molecule has 0 saturated heterocycles. The number of aryl methyl sites for hydroxylation is 1. The Kier molecular flexibility index (Phi) is 4.90. The summed E-state index contributed by atoms with van der Waals surface area (Å²) < 4.78 is 44.2. The van der Waals surface area contributed by atoms with Crippen molar-refractivity contribution in [2.24, 2.45) is 22.7 Å². The first kappa shape index (κ1) is 22.6. The van der Waals surface area contributed by atoms with Crippen LogP contribution in [0.2, 0.25) is 0 Å². The molecule has 178 valence electrons. The number of hydrogen-bond donors (Lipinski definition) is 1. The van der Waals surface area contributed by atoms with Crippen molar-refractivity contribution in [1.29, 1.82) is 0 Å². The monoisotopic (exact) mass is 469 g/mol. The summed E-state index contributed by atoms with van der Waals surface area (Å²) in [7, 11) is 1.81. The summed E-state index contributed by atoms with van der Waals surface area (Å²) in [5.74, 6) is -0.133. The molecule has 3 heterocycles. The summed E-state index contributed by atoms with van der Waals surface area (Å²) in [4.78, 5) is 13.6. The number of azo groups is 1. The quantitative estimate of drug-likeness (QED) is 0.637. The largest absolute Gasteiger partial charge is 0.435 e. The number of carbonyl (C=O) groups is 1. The van der Waals surface area contributed by atoms with Gasteiger partial charge in [0.05, 0.1) is 11.6 Å². The number of halogens is 3. The minimum absolute atomic E-state index is 0.0117. The molecule has 2 atom stereocenters. The molecule has 6 nitrogen and oxygen atoms in total. The van der Waals surface area contributed by atoms with Gasteiger partial charge in [0.15, 0.2) is 17.6 Å². The lowest BCUT2D eigenvalue weighted by Crippen LogP contribution is -2.52. The molecule has 0 saturated carbocycles. The maximum Gasteiger partial charge on any atom is 0.435 e. The Labute approximate surface area is 195 Å². The Balaban J connectivity index is 1.82. The number of hydrogen-bond acceptors (Lipinski definition) is 5. The van der Waals surface area contributed by atoms with Crippen LogP contribution in [0.5, 0.6) is 0 Å². The molecular formula is C25H26F3N5O. The van der Waals surface area contributed by atoms with Crippen molar-refractivity contribution in [3.63, 3.8) is 0 Å². The fourth-order valence-corrected chi connectivity index (χ4v) is 5.75. The molecular weight excluding hydrogens is 443 g/mol. The first-order valence-electron chi connectivity index (χ1n) is 11.3. The summed E-state index contributed by atoms with van der Waals surface area (Å²) in [6.45, 7) is 5.82. The summed E-state index contributed by atoms with van der Waals surface area (Å²) in [5.41, 5.74) is 0.796. The fraction of sp³-hybridized carbons (Fsp3) is 0.440. The molecule has 0 amide bonds. The Morgan fingerprint density at radius 2 is 1.97 bits per heavy atom. The molecule has 0 spiro atoms. The lowest BCUT2D eigenvalue weighted by Gasteiger charge is -2.48. The van der Waals surface area contributed by atoms with Crippen molar-refractivity contribution in [3.8, 4) is 11.1 Å². The van der Waals surface area contributed by atoms with E-state index in [0.29, 0.717) is 23.3 Å². The van der Waals surface area contributed by atoms with Crippen LogP contribution in [0.25, 0.3) is 11.1 Å². The molecule has 0 bridgehead atoms. The maximum atomic E-state index is 14.2. The van der Waals surface area contributed by atoms with Crippen LogP contribution in [0.4, 0.5) is 13.2 Å². The van der Waals surface area contributed by atoms with Crippen LogP contribution in [0.1, 0.15) is 45.6 Å². The Hall–Kier alpha value is -3.23. The number of allylic oxidation sites excluding steroid dienone is 3. The molecule has 9 heteroatoms. The highest BCUT2D eigenvalue weighted by molar-refractivity contribution is 6.01. The van der Waals surface area contributed by atoms with Crippen molar-refractivity contribution in [3.05, 3.63) is 64.8 Å². The predicted octanol–water partition coefficient (Wildman–Crippen LogP) is 5.59. The maximum absolute atomic E-state index is 14.2. The molecule has 1 aromatic carbocycles. The second kappa shape index (κ2) is 7.38. The van der Waals surface area contributed by atoms with Crippen molar-refractivity contribution in [2.45, 2.75) is 57.8 Å². The van der Waals surface area contributed by atoms with Crippen molar-refractivity contribution in [2.75, 3.05) is 0 Å². The van der Waals surface area contributed by atoms with E-state index in [-0.39, 0.29) is 29.6 Å². The number of nitrogens with zero attached hydrogens (tertiary/aromatic N) is 4. The third-order valence-corrected chi connectivity index (χ3v) is 7.07. The van der Waals surface area contributed by atoms with Crippen LogP contribution in [0.15, 0.2) is 69.4 Å². The average molecular weight is 470 g/mol. The number of alkyl halides is 3. The van der Waals surface area contributed by atoms with Gasteiger partial charge in [0.2, 0.25) is 0 Å². The number of aromatic nitrogens is 2. The predicted molar refractivity (Wildman–Crippen MR) is 121 cm³/mol. The van der Waals surface area contributed by atoms with Gasteiger partial charge in [-0.05, 0) is 35.4 Å². The molecule has 1 N–H and O–H groups in total. The van der Waals surface area contributed by atoms with Gasteiger partial charge < -0.3 is 5.32 Å². The van der Waals surface area contributed by atoms with E-state index in [9.17, 15) is 18.0 Å². The topological polar surface area (TPSA) is 71.6 Å². The van der Waals surface area contributed by atoms with E-state index in [1.54, 1.807) is 17.9 Å². The Bertz CT molecular complexity index is 1280. The molecule has 1 aromatic heterocycles. The minimum Gasteiger partial charge on any atom is -0.362 e. The molecule has 0 radical (unpaired) electrons. The van der Waals surface area contributed by atoms with Crippen LogP contribution < -0.4 is 5.32 Å². The molecule has 34 heavy (non-hydrogen) atoms. The van der Waals surface area contributed by atoms with Crippen LogP contribution in [-0.4, -0.2) is 27.9 Å². The number of Topliss-reactive ketones (excluding diaryl/α,β-unsaturated/α-hetero) is 1. The Morgan fingerprint density at radius 1 is 1.21 bits per heavy atom. The lowest BCUT2D eigenvalue weighted by atomic mass is 9.58. The fourth-order valence-electron chi connectivity index (χ4n) is 5.75. The van der Waals surface area contributed by atoms with Gasteiger partial charge in [-0.3, -0.25) is 9.48 Å². The number of rotatable bonds is 3. The molecule has 3 aliphatic rings. The van der Waals surface area contributed by atoms with E-state index in [0.717, 1.165) is 11.1 Å². The van der Waals surface area contributed by atoms with Crippen molar-refractivity contribution >= 4 is 5.78 Å². The van der Waals surface area contributed by atoms with E-state index in [2.05, 4.69) is 20.6 Å². The van der Waals surface area contributed by atoms with Crippen LogP contribution in [0, 0.1) is 5.41 Å². The number of benzene rings is 1. The lowest BCUT2D eigenvalue weighted by molar-refractivity contribution is -0.119. The molecule has 5 rings (SSSR count). The van der Waals surface area contributed by atoms with Crippen LogP contribution in [0.3, 0.4) is 0 Å². The highest BCUT2D eigenvalue weighted by Crippen LogP contribution is 2.56. The number of nitrogens with one attached hydrogen (secondary N) is 1. The molecule has 2 aromatic rings. The van der Waals surface area contributed by atoms with Crippen molar-refractivity contribution in [1.82, 2.24) is 15.1 Å². The first-order valence-corrected chi connectivity index (χ1v) is 11.3. The first-order chi connectivity index (χ1) is 16.0. The zero-order valence-corrected chi connectivity index (χ0v) is 19.5. The Morgan fingerprint density at radius 3 is 2.62 bits per heavy atom. The van der Waals surface area contributed by atoms with E-state index < -0.39 is 23.5 Å². The van der Waals surface area contributed by atoms with Gasteiger partial charge in [-0.2, -0.15) is 23.4 Å². The standard InChI is InChI=1S/C25H26F3N5O/c1-5-24(16-8-6-7-14(9-16)15-12-29-33(4)13-15)19-17(10-23(2,3)11-18(19)34)30-22-20(24)21(31-32-22)25(26,27)28/h6-9,12-13,22,30H,5,10-11H2,1-4H3/t22?,24-/m1/s1. The van der Waals surface area contributed by atoms with E-state index in [1.807, 2.05) is 51.2 Å². The van der Waals surface area contributed by atoms with Gasteiger partial charge in [0, 0.05) is 42.1 Å². The molecule has 0 fully saturated rings. The molecule has 1 unspecified atom stereocenters. The molecule has 1 aliphatic carbocycles. The SMILES string of the molecule is CC[C@@]1(c2cccc(-c3cnn(C)c3)c2)C2=C(CC(C)(C)CC2=O)NC2N=NC(C(F)(F)F)=C21. The van der Waals surface area contributed by atoms with E-state index >= 15 is 0 Å². The van der Waals surface area contributed by atoms with Gasteiger partial charge in [0.25, 0.3) is 0 Å². The van der Waals surface area contributed by atoms with Gasteiger partial charge >= 0.3 is 6.18 Å². The van der Waals surface area contributed by atoms with E-state index in [1.165, 1.54) is 0 Å². The smallest absolute Gasteiger partial charge is 0.362 e. The van der Waals surface area contributed by atoms with Gasteiger partial charge in [-0.15, -0.1) is 5.11 Å². The third-order valence-electron chi connectivity index (χ3n) is 7.07. The second-order valence-corrected chi connectivity index (χ2v) is 10.1. The van der Waals surface area contributed by atoms with Crippen molar-refractivity contribution < 1.29 is 18.0 Å². The summed E-state index contributed by atoms with van der Waals surface area (Å²) in [6.07, 6.45) is -0.994.